The lowest BCUT2D eigenvalue weighted by Gasteiger charge is -2.57. The fraction of sp³-hybridized carbons (Fsp3) is 0.625. The number of anilines is 1. The number of nitrogens with one attached hydrogen (secondary N) is 1. The SMILES string of the molecule is O=C(CN1C(=O)[C@H]2CCCN2C(=O)c2ccccc21)NC12CC3CC(CC(C3)C1)C2. The molecule has 158 valence electrons. The molecule has 5 fully saturated rings. The molecule has 1 N–H and O–H groups in total. The van der Waals surface area contributed by atoms with Crippen LogP contribution >= 0.6 is 0 Å². The van der Waals surface area contributed by atoms with Crippen molar-refractivity contribution >= 4 is 23.4 Å². The number of hydrogen-bond acceptors (Lipinski definition) is 3. The summed E-state index contributed by atoms with van der Waals surface area (Å²) in [7, 11) is 0. The molecule has 2 aliphatic heterocycles. The van der Waals surface area contributed by atoms with Crippen molar-refractivity contribution in [1.82, 2.24) is 10.2 Å². The molecular weight excluding hydrogens is 378 g/mol. The van der Waals surface area contributed by atoms with Crippen LogP contribution in [0, 0.1) is 17.8 Å². The fourth-order valence-electron chi connectivity index (χ4n) is 7.52. The molecule has 0 spiro atoms. The maximum absolute atomic E-state index is 13.4. The van der Waals surface area contributed by atoms with Gasteiger partial charge in [-0.2, -0.15) is 0 Å². The lowest BCUT2D eigenvalue weighted by molar-refractivity contribution is -0.128. The smallest absolute Gasteiger partial charge is 0.256 e. The van der Waals surface area contributed by atoms with Gasteiger partial charge in [-0.05, 0) is 81.3 Å². The van der Waals surface area contributed by atoms with E-state index < -0.39 is 6.04 Å². The third kappa shape index (κ3) is 2.79. The third-order valence-corrected chi connectivity index (χ3v) is 8.23. The Morgan fingerprint density at radius 2 is 1.70 bits per heavy atom. The average Bonchev–Trinajstić information content (AvgIpc) is 3.17. The van der Waals surface area contributed by atoms with Crippen LogP contribution in [0.15, 0.2) is 24.3 Å². The molecule has 30 heavy (non-hydrogen) atoms. The maximum Gasteiger partial charge on any atom is 0.256 e. The van der Waals surface area contributed by atoms with Crippen LogP contribution in [0.2, 0.25) is 0 Å². The first-order chi connectivity index (χ1) is 14.5. The Hall–Kier alpha value is -2.37. The van der Waals surface area contributed by atoms with Crippen molar-refractivity contribution in [3.8, 4) is 0 Å². The van der Waals surface area contributed by atoms with E-state index in [0.717, 1.165) is 43.4 Å². The molecule has 4 aliphatic carbocycles. The Morgan fingerprint density at radius 3 is 2.40 bits per heavy atom. The first-order valence-electron chi connectivity index (χ1n) is 11.5. The van der Waals surface area contributed by atoms with E-state index in [9.17, 15) is 14.4 Å². The van der Waals surface area contributed by atoms with E-state index in [0.29, 0.717) is 24.2 Å². The van der Waals surface area contributed by atoms with Gasteiger partial charge in [0.15, 0.2) is 0 Å². The Bertz CT molecular complexity index is 891. The second kappa shape index (κ2) is 6.56. The molecule has 0 unspecified atom stereocenters. The number of carbonyl (C=O) groups excluding carboxylic acids is 3. The van der Waals surface area contributed by atoms with E-state index in [-0.39, 0.29) is 29.8 Å². The number of fused-ring (bicyclic) bond motifs is 2. The molecule has 0 radical (unpaired) electrons. The first-order valence-corrected chi connectivity index (χ1v) is 11.5. The third-order valence-electron chi connectivity index (χ3n) is 8.23. The van der Waals surface area contributed by atoms with Crippen molar-refractivity contribution in [3.63, 3.8) is 0 Å². The topological polar surface area (TPSA) is 69.7 Å². The Kier molecular flexibility index (Phi) is 4.03. The Balaban J connectivity index is 1.27. The van der Waals surface area contributed by atoms with Crippen molar-refractivity contribution in [2.45, 2.75) is 62.9 Å². The quantitative estimate of drug-likeness (QED) is 0.838. The molecule has 4 bridgehead atoms. The van der Waals surface area contributed by atoms with E-state index in [1.54, 1.807) is 21.9 Å². The number of nitrogens with zero attached hydrogens (tertiary/aromatic N) is 2. The second-order valence-corrected chi connectivity index (χ2v) is 10.3. The first kappa shape index (κ1) is 18.4. The van der Waals surface area contributed by atoms with Crippen molar-refractivity contribution in [1.29, 1.82) is 0 Å². The Morgan fingerprint density at radius 1 is 1.03 bits per heavy atom. The van der Waals surface area contributed by atoms with Crippen LogP contribution in [0.5, 0.6) is 0 Å². The molecule has 7 rings (SSSR count). The summed E-state index contributed by atoms with van der Waals surface area (Å²) in [5.74, 6) is 1.96. The molecule has 4 saturated carbocycles. The highest BCUT2D eigenvalue weighted by atomic mass is 16.2. The minimum atomic E-state index is -0.447. The van der Waals surface area contributed by atoms with Crippen LogP contribution in [-0.2, 0) is 9.59 Å². The molecule has 2 heterocycles. The molecule has 6 nitrogen and oxygen atoms in total. The van der Waals surface area contributed by atoms with Crippen molar-refractivity contribution in [2.24, 2.45) is 17.8 Å². The molecule has 1 atom stereocenters. The van der Waals surface area contributed by atoms with Gasteiger partial charge in [0, 0.05) is 12.1 Å². The number of carbonyl (C=O) groups is 3. The van der Waals surface area contributed by atoms with Gasteiger partial charge in [0.2, 0.25) is 11.8 Å². The molecular formula is C24H29N3O3. The number of hydrogen-bond donors (Lipinski definition) is 1. The monoisotopic (exact) mass is 407 g/mol. The molecule has 1 aromatic carbocycles. The zero-order valence-corrected chi connectivity index (χ0v) is 17.3. The summed E-state index contributed by atoms with van der Waals surface area (Å²) >= 11 is 0. The predicted molar refractivity (Wildman–Crippen MR) is 112 cm³/mol. The van der Waals surface area contributed by atoms with Crippen molar-refractivity contribution < 1.29 is 14.4 Å². The lowest BCUT2D eigenvalue weighted by atomic mass is 9.53. The maximum atomic E-state index is 13.4. The van der Waals surface area contributed by atoms with Gasteiger partial charge in [-0.1, -0.05) is 12.1 Å². The van der Waals surface area contributed by atoms with Gasteiger partial charge < -0.3 is 15.1 Å². The van der Waals surface area contributed by atoms with Crippen LogP contribution in [0.1, 0.15) is 61.7 Å². The molecule has 6 aliphatic rings. The zero-order valence-electron chi connectivity index (χ0n) is 17.3. The highest BCUT2D eigenvalue weighted by Gasteiger charge is 2.52. The largest absolute Gasteiger partial charge is 0.349 e. The molecule has 6 heteroatoms. The zero-order chi connectivity index (χ0) is 20.5. The van der Waals surface area contributed by atoms with Crippen LogP contribution in [0.4, 0.5) is 5.69 Å². The highest BCUT2D eigenvalue weighted by molar-refractivity contribution is 6.12. The van der Waals surface area contributed by atoms with Crippen LogP contribution in [0.25, 0.3) is 0 Å². The number of rotatable bonds is 3. The second-order valence-electron chi connectivity index (χ2n) is 10.3. The average molecular weight is 408 g/mol. The van der Waals surface area contributed by atoms with E-state index in [1.165, 1.54) is 19.3 Å². The van der Waals surface area contributed by atoms with Crippen LogP contribution in [0.3, 0.4) is 0 Å². The highest BCUT2D eigenvalue weighted by Crippen LogP contribution is 2.55. The van der Waals surface area contributed by atoms with Gasteiger partial charge >= 0.3 is 0 Å². The van der Waals surface area contributed by atoms with Crippen LogP contribution in [-0.4, -0.2) is 47.3 Å². The van der Waals surface area contributed by atoms with E-state index in [2.05, 4.69) is 5.32 Å². The Labute approximate surface area is 177 Å². The van der Waals surface area contributed by atoms with Gasteiger partial charge in [0.05, 0.1) is 11.3 Å². The fourth-order valence-corrected chi connectivity index (χ4v) is 7.52. The summed E-state index contributed by atoms with van der Waals surface area (Å²) in [6.45, 7) is 0.603. The number of benzene rings is 1. The summed E-state index contributed by atoms with van der Waals surface area (Å²) in [4.78, 5) is 42.9. The number of amides is 3. The van der Waals surface area contributed by atoms with Crippen molar-refractivity contribution in [2.75, 3.05) is 18.0 Å². The lowest BCUT2D eigenvalue weighted by Crippen LogP contribution is -2.61. The van der Waals surface area contributed by atoms with Gasteiger partial charge in [-0.3, -0.25) is 14.4 Å². The van der Waals surface area contributed by atoms with Gasteiger partial charge in [0.1, 0.15) is 12.6 Å². The van der Waals surface area contributed by atoms with E-state index >= 15 is 0 Å². The van der Waals surface area contributed by atoms with Gasteiger partial charge in [0.25, 0.3) is 5.91 Å². The van der Waals surface area contributed by atoms with Crippen molar-refractivity contribution in [3.05, 3.63) is 29.8 Å². The minimum absolute atomic E-state index is 0.00475. The van der Waals surface area contributed by atoms with E-state index in [1.807, 2.05) is 12.1 Å². The van der Waals surface area contributed by atoms with Gasteiger partial charge in [-0.15, -0.1) is 0 Å². The molecule has 0 aromatic heterocycles. The number of para-hydroxylation sites is 1. The standard InChI is InChI=1S/C24H29N3O3/c28-21(25-24-11-15-8-16(12-24)10-17(9-15)13-24)14-27-19-5-2-1-4-18(19)22(29)26-7-3-6-20(26)23(27)30/h1-2,4-5,15-17,20H,3,6-14H2,(H,25,28)/t15?,16?,17?,20-,24?/m1/s1. The summed E-state index contributed by atoms with van der Waals surface area (Å²) in [6, 6.07) is 6.78. The normalized spacial score (nSPS) is 36.5. The van der Waals surface area contributed by atoms with Crippen LogP contribution < -0.4 is 10.2 Å². The molecule has 1 aromatic rings. The summed E-state index contributed by atoms with van der Waals surface area (Å²) in [5.41, 5.74) is 1.02. The summed E-state index contributed by atoms with van der Waals surface area (Å²) < 4.78 is 0. The summed E-state index contributed by atoms with van der Waals surface area (Å²) in [5, 5.41) is 3.38. The molecule has 1 saturated heterocycles. The minimum Gasteiger partial charge on any atom is -0.349 e. The summed E-state index contributed by atoms with van der Waals surface area (Å²) in [6.07, 6.45) is 8.74. The van der Waals surface area contributed by atoms with E-state index in [4.69, 9.17) is 0 Å². The molecule has 3 amide bonds. The van der Waals surface area contributed by atoms with Gasteiger partial charge in [-0.25, -0.2) is 0 Å². The predicted octanol–water partition coefficient (Wildman–Crippen LogP) is 2.72.